The fourth-order valence-corrected chi connectivity index (χ4v) is 3.51. The molecular formula is C17H25N3O3S. The van der Waals surface area contributed by atoms with E-state index in [4.69, 9.17) is 5.73 Å². The highest BCUT2D eigenvalue weighted by atomic mass is 32.1. The van der Waals surface area contributed by atoms with Crippen LogP contribution >= 0.6 is 11.3 Å². The Morgan fingerprint density at radius 1 is 1.50 bits per heavy atom. The molecule has 0 saturated carbocycles. The van der Waals surface area contributed by atoms with E-state index in [1.807, 2.05) is 17.5 Å². The molecule has 1 aromatic rings. The number of ketones is 1. The van der Waals surface area contributed by atoms with Crippen LogP contribution in [0.3, 0.4) is 0 Å². The normalized spacial score (nSPS) is 19.5. The summed E-state index contributed by atoms with van der Waals surface area (Å²) in [5, 5.41) is 5.06. The topological polar surface area (TPSA) is 92.5 Å². The van der Waals surface area contributed by atoms with Crippen molar-refractivity contribution in [2.75, 3.05) is 13.1 Å². The number of thiophene rings is 1. The Balaban J connectivity index is 2.10. The zero-order valence-corrected chi connectivity index (χ0v) is 14.8. The molecular weight excluding hydrogens is 326 g/mol. The van der Waals surface area contributed by atoms with Gasteiger partial charge < -0.3 is 16.0 Å². The van der Waals surface area contributed by atoms with Crippen LogP contribution in [0.25, 0.3) is 0 Å². The summed E-state index contributed by atoms with van der Waals surface area (Å²) in [5.74, 6) is -0.775. The highest BCUT2D eigenvalue weighted by Crippen LogP contribution is 2.20. The molecule has 1 unspecified atom stereocenters. The minimum absolute atomic E-state index is 0.0559. The van der Waals surface area contributed by atoms with Crippen LogP contribution in [0, 0.1) is 5.92 Å². The molecule has 1 saturated heterocycles. The molecule has 0 radical (unpaired) electrons. The van der Waals surface area contributed by atoms with E-state index in [1.165, 1.54) is 0 Å². The molecule has 0 bridgehead atoms. The molecule has 7 heteroatoms. The number of amides is 2. The number of nitrogens with one attached hydrogen (secondary N) is 1. The summed E-state index contributed by atoms with van der Waals surface area (Å²) in [6.07, 6.45) is 2.18. The van der Waals surface area contributed by atoms with E-state index in [-0.39, 0.29) is 24.0 Å². The zero-order valence-electron chi connectivity index (χ0n) is 14.0. The first kappa shape index (κ1) is 18.6. The number of carbonyl (C=O) groups is 3. The van der Waals surface area contributed by atoms with Crippen molar-refractivity contribution in [1.82, 2.24) is 10.2 Å². The molecule has 0 spiro atoms. The number of nitrogens with two attached hydrogens (primary N) is 1. The third-order valence-corrected chi connectivity index (χ3v) is 5.24. The summed E-state index contributed by atoms with van der Waals surface area (Å²) in [6, 6.07) is 3.52. The number of carbonyl (C=O) groups excluding carboxylic acids is 3. The SMILES string of the molecule is CC(CCC(=O)N(Cc1cccs1)[C@H]1CCCNCC1=O)C(N)=O. The molecule has 1 aliphatic rings. The number of hydrogen-bond donors (Lipinski definition) is 2. The number of rotatable bonds is 7. The van der Waals surface area contributed by atoms with Gasteiger partial charge in [-0.05, 0) is 37.3 Å². The molecule has 6 nitrogen and oxygen atoms in total. The van der Waals surface area contributed by atoms with Crippen LogP contribution in [-0.2, 0) is 20.9 Å². The van der Waals surface area contributed by atoms with Crippen LogP contribution in [0.15, 0.2) is 17.5 Å². The minimum atomic E-state index is -0.401. The number of primary amides is 1. The van der Waals surface area contributed by atoms with Crippen molar-refractivity contribution in [3.05, 3.63) is 22.4 Å². The fraction of sp³-hybridized carbons (Fsp3) is 0.588. The van der Waals surface area contributed by atoms with Crippen molar-refractivity contribution in [3.63, 3.8) is 0 Å². The zero-order chi connectivity index (χ0) is 17.5. The maximum absolute atomic E-state index is 12.8. The molecule has 24 heavy (non-hydrogen) atoms. The lowest BCUT2D eigenvalue weighted by molar-refractivity contribution is -0.140. The van der Waals surface area contributed by atoms with Gasteiger partial charge >= 0.3 is 0 Å². The van der Waals surface area contributed by atoms with Gasteiger partial charge in [0.1, 0.15) is 0 Å². The third kappa shape index (κ3) is 5.14. The van der Waals surface area contributed by atoms with Gasteiger partial charge in [-0.1, -0.05) is 13.0 Å². The second-order valence-corrected chi connectivity index (χ2v) is 7.28. The Labute approximate surface area is 146 Å². The predicted molar refractivity (Wildman–Crippen MR) is 93.4 cm³/mol. The smallest absolute Gasteiger partial charge is 0.223 e. The summed E-state index contributed by atoms with van der Waals surface area (Å²) in [6.45, 7) is 3.26. The number of Topliss-reactive ketones (excluding diaryl/α,β-unsaturated/α-hetero) is 1. The van der Waals surface area contributed by atoms with Gasteiger partial charge in [0.05, 0.1) is 19.1 Å². The van der Waals surface area contributed by atoms with Crippen molar-refractivity contribution in [2.24, 2.45) is 11.7 Å². The van der Waals surface area contributed by atoms with Crippen LogP contribution in [0.5, 0.6) is 0 Å². The molecule has 1 aromatic heterocycles. The van der Waals surface area contributed by atoms with Crippen LogP contribution < -0.4 is 11.1 Å². The van der Waals surface area contributed by atoms with Gasteiger partial charge in [-0.2, -0.15) is 0 Å². The molecule has 1 aliphatic heterocycles. The van der Waals surface area contributed by atoms with Crippen LogP contribution in [0.1, 0.15) is 37.5 Å². The fourth-order valence-electron chi connectivity index (χ4n) is 2.81. The molecule has 2 rings (SSSR count). The van der Waals surface area contributed by atoms with E-state index in [1.54, 1.807) is 23.2 Å². The van der Waals surface area contributed by atoms with Gasteiger partial charge in [0.25, 0.3) is 0 Å². The van der Waals surface area contributed by atoms with E-state index in [9.17, 15) is 14.4 Å². The van der Waals surface area contributed by atoms with Crippen LogP contribution in [0.4, 0.5) is 0 Å². The van der Waals surface area contributed by atoms with E-state index in [0.717, 1.165) is 17.8 Å². The predicted octanol–water partition coefficient (Wildman–Crippen LogP) is 1.30. The maximum atomic E-state index is 12.8. The maximum Gasteiger partial charge on any atom is 0.223 e. The van der Waals surface area contributed by atoms with E-state index in [0.29, 0.717) is 25.9 Å². The molecule has 2 atom stereocenters. The Morgan fingerprint density at radius 2 is 2.29 bits per heavy atom. The molecule has 2 heterocycles. The average molecular weight is 351 g/mol. The number of hydrogen-bond acceptors (Lipinski definition) is 5. The van der Waals surface area contributed by atoms with Gasteiger partial charge in [0.15, 0.2) is 5.78 Å². The van der Waals surface area contributed by atoms with Gasteiger partial charge in [-0.3, -0.25) is 14.4 Å². The highest BCUT2D eigenvalue weighted by Gasteiger charge is 2.30. The van der Waals surface area contributed by atoms with Gasteiger partial charge in [0.2, 0.25) is 11.8 Å². The first-order chi connectivity index (χ1) is 11.5. The van der Waals surface area contributed by atoms with Crippen molar-refractivity contribution in [2.45, 2.75) is 45.2 Å². The minimum Gasteiger partial charge on any atom is -0.369 e. The molecule has 0 aromatic carbocycles. The molecule has 0 aliphatic carbocycles. The Morgan fingerprint density at radius 3 is 2.96 bits per heavy atom. The van der Waals surface area contributed by atoms with Crippen molar-refractivity contribution >= 4 is 28.9 Å². The van der Waals surface area contributed by atoms with Crippen molar-refractivity contribution in [1.29, 1.82) is 0 Å². The van der Waals surface area contributed by atoms with Crippen molar-refractivity contribution < 1.29 is 14.4 Å². The summed E-state index contributed by atoms with van der Waals surface area (Å²) in [5.41, 5.74) is 5.27. The quantitative estimate of drug-likeness (QED) is 0.774. The van der Waals surface area contributed by atoms with Crippen LogP contribution in [-0.4, -0.2) is 41.6 Å². The van der Waals surface area contributed by atoms with E-state index < -0.39 is 11.9 Å². The summed E-state index contributed by atoms with van der Waals surface area (Å²) < 4.78 is 0. The van der Waals surface area contributed by atoms with Crippen molar-refractivity contribution in [3.8, 4) is 0 Å². The van der Waals surface area contributed by atoms with E-state index in [2.05, 4.69) is 5.32 Å². The average Bonchev–Trinajstić information content (AvgIpc) is 2.98. The monoisotopic (exact) mass is 351 g/mol. The second kappa shape index (κ2) is 8.94. The molecule has 3 N–H and O–H groups in total. The van der Waals surface area contributed by atoms with Crippen LogP contribution in [0.2, 0.25) is 0 Å². The standard InChI is InChI=1S/C17H25N3O3S/c1-12(17(18)23)6-7-16(22)20(11-13-4-3-9-24-13)14-5-2-8-19-10-15(14)21/h3-4,9,12,14,19H,2,5-8,10-11H2,1H3,(H2,18,23)/t12?,14-/m0/s1. The van der Waals surface area contributed by atoms with E-state index >= 15 is 0 Å². The first-order valence-electron chi connectivity index (χ1n) is 8.33. The van der Waals surface area contributed by atoms with Gasteiger partial charge in [-0.15, -0.1) is 11.3 Å². The van der Waals surface area contributed by atoms with Gasteiger partial charge in [-0.25, -0.2) is 0 Å². The lowest BCUT2D eigenvalue weighted by atomic mass is 10.0. The Hall–Kier alpha value is -1.73. The molecule has 132 valence electrons. The third-order valence-electron chi connectivity index (χ3n) is 4.38. The summed E-state index contributed by atoms with van der Waals surface area (Å²) in [7, 11) is 0. The molecule has 1 fully saturated rings. The number of nitrogens with zero attached hydrogens (tertiary/aromatic N) is 1. The lowest BCUT2D eigenvalue weighted by Gasteiger charge is -2.30. The summed E-state index contributed by atoms with van der Waals surface area (Å²) in [4.78, 5) is 39.1. The first-order valence-corrected chi connectivity index (χ1v) is 9.21. The van der Waals surface area contributed by atoms with Gasteiger partial charge in [0, 0.05) is 17.2 Å². The second-order valence-electron chi connectivity index (χ2n) is 6.24. The highest BCUT2D eigenvalue weighted by molar-refractivity contribution is 7.09. The molecule has 2 amide bonds. The summed E-state index contributed by atoms with van der Waals surface area (Å²) >= 11 is 1.57. The largest absolute Gasteiger partial charge is 0.369 e. The Kier molecular flexibility index (Phi) is 6.93. The Bertz CT molecular complexity index is 574. The lowest BCUT2D eigenvalue weighted by Crippen LogP contribution is -2.46.